The van der Waals surface area contributed by atoms with Gasteiger partial charge in [-0.15, -0.1) is 0 Å². The number of hydrogen-bond donors (Lipinski definition) is 2. The SMILES string of the molecule is CCNCC(C)(C)CN1CCCC1CO. The van der Waals surface area contributed by atoms with Crippen LogP contribution >= 0.6 is 0 Å². The summed E-state index contributed by atoms with van der Waals surface area (Å²) < 4.78 is 0. The van der Waals surface area contributed by atoms with Crippen molar-refractivity contribution in [3.05, 3.63) is 0 Å². The Morgan fingerprint density at radius 3 is 2.80 bits per heavy atom. The van der Waals surface area contributed by atoms with E-state index in [1.807, 2.05) is 0 Å². The summed E-state index contributed by atoms with van der Waals surface area (Å²) in [6, 6.07) is 0.408. The standard InChI is InChI=1S/C12H26N2O/c1-4-13-9-12(2,3)10-14-7-5-6-11(14)8-15/h11,13,15H,4-10H2,1-3H3. The quantitative estimate of drug-likeness (QED) is 0.694. The fourth-order valence-corrected chi connectivity index (χ4v) is 2.38. The molecule has 3 heteroatoms. The minimum absolute atomic E-state index is 0.299. The van der Waals surface area contributed by atoms with Crippen LogP contribution in [0.25, 0.3) is 0 Å². The van der Waals surface area contributed by atoms with E-state index in [1.54, 1.807) is 0 Å². The Bertz CT molecular complexity index is 182. The first-order valence-corrected chi connectivity index (χ1v) is 6.14. The van der Waals surface area contributed by atoms with Crippen LogP contribution in [0, 0.1) is 5.41 Å². The lowest BCUT2D eigenvalue weighted by Gasteiger charge is -2.33. The number of rotatable bonds is 6. The number of nitrogens with one attached hydrogen (secondary N) is 1. The summed E-state index contributed by atoms with van der Waals surface area (Å²) >= 11 is 0. The van der Waals surface area contributed by atoms with Gasteiger partial charge >= 0.3 is 0 Å². The molecule has 90 valence electrons. The number of aliphatic hydroxyl groups excluding tert-OH is 1. The average Bonchev–Trinajstić information content (AvgIpc) is 2.61. The van der Waals surface area contributed by atoms with Crippen LogP contribution < -0.4 is 5.32 Å². The van der Waals surface area contributed by atoms with E-state index >= 15 is 0 Å². The van der Waals surface area contributed by atoms with Crippen molar-refractivity contribution in [2.45, 2.75) is 39.7 Å². The van der Waals surface area contributed by atoms with Gasteiger partial charge in [-0.05, 0) is 31.3 Å². The van der Waals surface area contributed by atoms with Crippen molar-refractivity contribution in [1.82, 2.24) is 10.2 Å². The molecule has 0 aliphatic carbocycles. The highest BCUT2D eigenvalue weighted by Crippen LogP contribution is 2.23. The minimum atomic E-state index is 0.299. The molecule has 0 aromatic rings. The Kier molecular flexibility index (Phi) is 5.03. The maximum Gasteiger partial charge on any atom is 0.0586 e. The normalized spacial score (nSPS) is 23.6. The molecule has 1 rings (SSSR count). The summed E-state index contributed by atoms with van der Waals surface area (Å²) in [7, 11) is 0. The van der Waals surface area contributed by atoms with Gasteiger partial charge in [0, 0.05) is 19.1 Å². The molecule has 0 aromatic heterocycles. The summed E-state index contributed by atoms with van der Waals surface area (Å²) in [6.07, 6.45) is 2.40. The summed E-state index contributed by atoms with van der Waals surface area (Å²) in [5, 5.41) is 12.7. The fourth-order valence-electron chi connectivity index (χ4n) is 2.38. The molecular weight excluding hydrogens is 188 g/mol. The van der Waals surface area contributed by atoms with Crippen molar-refractivity contribution in [1.29, 1.82) is 0 Å². The third-order valence-electron chi connectivity index (χ3n) is 3.19. The third-order valence-corrected chi connectivity index (χ3v) is 3.19. The van der Waals surface area contributed by atoms with Crippen LogP contribution in [0.3, 0.4) is 0 Å². The lowest BCUT2D eigenvalue weighted by molar-refractivity contribution is 0.116. The van der Waals surface area contributed by atoms with Crippen LogP contribution in [0.4, 0.5) is 0 Å². The highest BCUT2D eigenvalue weighted by Gasteiger charge is 2.29. The Balaban J connectivity index is 2.38. The Labute approximate surface area is 93.9 Å². The predicted octanol–water partition coefficient (Wildman–Crippen LogP) is 1.08. The Hall–Kier alpha value is -0.120. The van der Waals surface area contributed by atoms with Gasteiger partial charge in [-0.25, -0.2) is 0 Å². The van der Waals surface area contributed by atoms with Gasteiger partial charge in [-0.3, -0.25) is 4.90 Å². The number of likely N-dealkylation sites (tertiary alicyclic amines) is 1. The largest absolute Gasteiger partial charge is 0.395 e. The molecule has 0 aromatic carbocycles. The molecule has 1 saturated heterocycles. The zero-order valence-corrected chi connectivity index (χ0v) is 10.4. The molecule has 0 amide bonds. The number of hydrogen-bond acceptors (Lipinski definition) is 3. The molecule has 2 N–H and O–H groups in total. The van der Waals surface area contributed by atoms with Crippen LogP contribution in [0.5, 0.6) is 0 Å². The molecule has 15 heavy (non-hydrogen) atoms. The van der Waals surface area contributed by atoms with Gasteiger partial charge in [-0.2, -0.15) is 0 Å². The molecule has 0 radical (unpaired) electrons. The minimum Gasteiger partial charge on any atom is -0.395 e. The van der Waals surface area contributed by atoms with Crippen molar-refractivity contribution in [2.75, 3.05) is 32.8 Å². The van der Waals surface area contributed by atoms with E-state index < -0.39 is 0 Å². The molecule has 1 unspecified atom stereocenters. The highest BCUT2D eigenvalue weighted by atomic mass is 16.3. The average molecular weight is 214 g/mol. The van der Waals surface area contributed by atoms with Crippen molar-refractivity contribution in [2.24, 2.45) is 5.41 Å². The van der Waals surface area contributed by atoms with Crippen LogP contribution in [-0.4, -0.2) is 48.8 Å². The van der Waals surface area contributed by atoms with Crippen molar-refractivity contribution in [3.63, 3.8) is 0 Å². The van der Waals surface area contributed by atoms with Crippen molar-refractivity contribution >= 4 is 0 Å². The molecule has 1 aliphatic rings. The molecule has 1 aliphatic heterocycles. The smallest absolute Gasteiger partial charge is 0.0586 e. The first kappa shape index (κ1) is 12.9. The fraction of sp³-hybridized carbons (Fsp3) is 1.00. The summed E-state index contributed by atoms with van der Waals surface area (Å²) in [5.41, 5.74) is 0.299. The van der Waals surface area contributed by atoms with E-state index in [2.05, 4.69) is 31.0 Å². The zero-order valence-electron chi connectivity index (χ0n) is 10.4. The van der Waals surface area contributed by atoms with Crippen LogP contribution in [-0.2, 0) is 0 Å². The molecule has 3 nitrogen and oxygen atoms in total. The van der Waals surface area contributed by atoms with Gasteiger partial charge in [0.2, 0.25) is 0 Å². The molecule has 0 saturated carbocycles. The molecular formula is C12H26N2O. The summed E-state index contributed by atoms with van der Waals surface area (Å²) in [5.74, 6) is 0. The third kappa shape index (κ3) is 4.09. The second-order valence-electron chi connectivity index (χ2n) is 5.39. The monoisotopic (exact) mass is 214 g/mol. The van der Waals surface area contributed by atoms with Gasteiger partial charge in [0.05, 0.1) is 6.61 Å². The lowest BCUT2D eigenvalue weighted by atomic mass is 9.92. The van der Waals surface area contributed by atoms with Gasteiger partial charge in [0.1, 0.15) is 0 Å². The Morgan fingerprint density at radius 2 is 2.20 bits per heavy atom. The second kappa shape index (κ2) is 5.83. The first-order chi connectivity index (χ1) is 7.09. The topological polar surface area (TPSA) is 35.5 Å². The van der Waals surface area contributed by atoms with Crippen molar-refractivity contribution in [3.8, 4) is 0 Å². The van der Waals surface area contributed by atoms with E-state index in [0.717, 1.165) is 32.6 Å². The van der Waals surface area contributed by atoms with Gasteiger partial charge in [0.25, 0.3) is 0 Å². The first-order valence-electron chi connectivity index (χ1n) is 6.14. The van der Waals surface area contributed by atoms with Gasteiger partial charge in [-0.1, -0.05) is 20.8 Å². The predicted molar refractivity (Wildman–Crippen MR) is 64.0 cm³/mol. The maximum atomic E-state index is 9.25. The molecule has 0 bridgehead atoms. The maximum absolute atomic E-state index is 9.25. The van der Waals surface area contributed by atoms with E-state index in [1.165, 1.54) is 6.42 Å². The van der Waals surface area contributed by atoms with Crippen molar-refractivity contribution < 1.29 is 5.11 Å². The van der Waals surface area contributed by atoms with E-state index in [-0.39, 0.29) is 0 Å². The molecule has 1 fully saturated rings. The number of aliphatic hydroxyl groups is 1. The van der Waals surface area contributed by atoms with E-state index in [0.29, 0.717) is 18.1 Å². The summed E-state index contributed by atoms with van der Waals surface area (Å²) in [4.78, 5) is 2.44. The van der Waals surface area contributed by atoms with Crippen LogP contribution in [0.2, 0.25) is 0 Å². The van der Waals surface area contributed by atoms with Gasteiger partial charge in [0.15, 0.2) is 0 Å². The Morgan fingerprint density at radius 1 is 1.47 bits per heavy atom. The molecule has 0 spiro atoms. The van der Waals surface area contributed by atoms with Crippen LogP contribution in [0.1, 0.15) is 33.6 Å². The zero-order chi connectivity index (χ0) is 11.3. The number of nitrogens with zero attached hydrogens (tertiary/aromatic N) is 1. The van der Waals surface area contributed by atoms with E-state index in [9.17, 15) is 5.11 Å². The lowest BCUT2D eigenvalue weighted by Crippen LogP contribution is -2.43. The molecule has 1 heterocycles. The molecule has 1 atom stereocenters. The van der Waals surface area contributed by atoms with E-state index in [4.69, 9.17) is 0 Å². The van der Waals surface area contributed by atoms with Gasteiger partial charge < -0.3 is 10.4 Å². The second-order valence-corrected chi connectivity index (χ2v) is 5.39. The summed E-state index contributed by atoms with van der Waals surface area (Å²) in [6.45, 7) is 11.4. The van der Waals surface area contributed by atoms with Crippen LogP contribution in [0.15, 0.2) is 0 Å². The highest BCUT2D eigenvalue weighted by molar-refractivity contribution is 4.84.